The molecule has 1 atom stereocenters. The first-order chi connectivity index (χ1) is 7.88. The van der Waals surface area contributed by atoms with E-state index in [2.05, 4.69) is 0 Å². The molecule has 0 fully saturated rings. The van der Waals surface area contributed by atoms with Gasteiger partial charge in [-0.25, -0.2) is 4.39 Å². The number of aliphatic hydroxyl groups excluding tert-OH is 1. The van der Waals surface area contributed by atoms with Crippen molar-refractivity contribution in [3.05, 3.63) is 33.1 Å². The standard InChI is InChI=1S/C10H12ClFN2O3/c1-6(5-15)13(2)9-3-7(11)8(12)4-10(9)14(16)17/h3-4,6,15H,5H2,1-2H3. The molecule has 0 saturated heterocycles. The van der Waals surface area contributed by atoms with Gasteiger partial charge in [0.15, 0.2) is 0 Å². The van der Waals surface area contributed by atoms with Gasteiger partial charge in [-0.1, -0.05) is 11.6 Å². The summed E-state index contributed by atoms with van der Waals surface area (Å²) in [6.07, 6.45) is 0. The molecule has 0 amide bonds. The Bertz CT molecular complexity index is 442. The maximum Gasteiger partial charge on any atom is 0.295 e. The fraction of sp³-hybridized carbons (Fsp3) is 0.400. The van der Waals surface area contributed by atoms with Gasteiger partial charge in [0.2, 0.25) is 0 Å². The first-order valence-corrected chi connectivity index (χ1v) is 5.23. The summed E-state index contributed by atoms with van der Waals surface area (Å²) in [6, 6.07) is 1.62. The Hall–Kier alpha value is -1.40. The van der Waals surface area contributed by atoms with Crippen molar-refractivity contribution in [2.75, 3.05) is 18.6 Å². The van der Waals surface area contributed by atoms with E-state index in [1.54, 1.807) is 14.0 Å². The highest BCUT2D eigenvalue weighted by molar-refractivity contribution is 6.31. The first-order valence-electron chi connectivity index (χ1n) is 4.85. The van der Waals surface area contributed by atoms with Crippen LogP contribution in [0.1, 0.15) is 6.92 Å². The average Bonchev–Trinajstić information content (AvgIpc) is 2.29. The van der Waals surface area contributed by atoms with Crippen molar-refractivity contribution in [1.29, 1.82) is 0 Å². The highest BCUT2D eigenvalue weighted by atomic mass is 35.5. The molecule has 0 aliphatic heterocycles. The van der Waals surface area contributed by atoms with Gasteiger partial charge in [0.25, 0.3) is 5.69 Å². The van der Waals surface area contributed by atoms with Crippen LogP contribution in [0.25, 0.3) is 0 Å². The van der Waals surface area contributed by atoms with E-state index in [1.165, 1.54) is 11.0 Å². The molecular formula is C10H12ClFN2O3. The number of aliphatic hydroxyl groups is 1. The largest absolute Gasteiger partial charge is 0.394 e. The molecule has 0 aliphatic rings. The Labute approximate surface area is 103 Å². The van der Waals surface area contributed by atoms with Crippen LogP contribution in [-0.4, -0.2) is 29.7 Å². The zero-order valence-corrected chi connectivity index (χ0v) is 10.1. The maximum atomic E-state index is 13.2. The number of hydrogen-bond donors (Lipinski definition) is 1. The summed E-state index contributed by atoms with van der Waals surface area (Å²) in [5.41, 5.74) is -0.211. The molecule has 0 heterocycles. The van der Waals surface area contributed by atoms with Crippen LogP contribution in [0, 0.1) is 15.9 Å². The smallest absolute Gasteiger partial charge is 0.295 e. The number of halogens is 2. The second-order valence-corrected chi connectivity index (χ2v) is 4.06. The molecule has 0 aromatic heterocycles. The lowest BCUT2D eigenvalue weighted by molar-refractivity contribution is -0.384. The van der Waals surface area contributed by atoms with Gasteiger partial charge in [0, 0.05) is 13.1 Å². The predicted molar refractivity (Wildman–Crippen MR) is 63.0 cm³/mol. The third kappa shape index (κ3) is 2.83. The van der Waals surface area contributed by atoms with E-state index in [4.69, 9.17) is 16.7 Å². The van der Waals surface area contributed by atoms with Crippen LogP contribution >= 0.6 is 11.6 Å². The highest BCUT2D eigenvalue weighted by Crippen LogP contribution is 2.33. The zero-order valence-electron chi connectivity index (χ0n) is 9.35. The van der Waals surface area contributed by atoms with Crippen molar-refractivity contribution < 1.29 is 14.4 Å². The van der Waals surface area contributed by atoms with Gasteiger partial charge in [-0.2, -0.15) is 0 Å². The van der Waals surface area contributed by atoms with Crippen LogP contribution in [0.5, 0.6) is 0 Å². The lowest BCUT2D eigenvalue weighted by Crippen LogP contribution is -2.32. The van der Waals surface area contributed by atoms with E-state index in [9.17, 15) is 14.5 Å². The second-order valence-electron chi connectivity index (χ2n) is 3.65. The minimum absolute atomic E-state index is 0.169. The van der Waals surface area contributed by atoms with Crippen molar-refractivity contribution in [3.63, 3.8) is 0 Å². The van der Waals surface area contributed by atoms with Gasteiger partial charge in [-0.05, 0) is 13.0 Å². The van der Waals surface area contributed by atoms with Crippen LogP contribution in [0.2, 0.25) is 5.02 Å². The molecule has 94 valence electrons. The highest BCUT2D eigenvalue weighted by Gasteiger charge is 2.22. The third-order valence-electron chi connectivity index (χ3n) is 2.52. The summed E-state index contributed by atoms with van der Waals surface area (Å²) in [5, 5.41) is 19.6. The lowest BCUT2D eigenvalue weighted by Gasteiger charge is -2.25. The SMILES string of the molecule is CC(CO)N(C)c1cc(Cl)c(F)cc1[N+](=O)[O-]. The van der Waals surface area contributed by atoms with E-state index in [0.29, 0.717) is 0 Å². The summed E-state index contributed by atoms with van der Waals surface area (Å²) < 4.78 is 13.2. The number of hydrogen-bond acceptors (Lipinski definition) is 4. The van der Waals surface area contributed by atoms with E-state index < -0.39 is 10.7 Å². The summed E-state index contributed by atoms with van der Waals surface area (Å²) in [6.45, 7) is 1.50. The summed E-state index contributed by atoms with van der Waals surface area (Å²) in [4.78, 5) is 11.6. The minimum Gasteiger partial charge on any atom is -0.394 e. The topological polar surface area (TPSA) is 66.6 Å². The number of nitro groups is 1. The monoisotopic (exact) mass is 262 g/mol. The summed E-state index contributed by atoms with van der Waals surface area (Å²) in [5.74, 6) is -0.841. The van der Waals surface area contributed by atoms with E-state index in [-0.39, 0.29) is 29.0 Å². The molecular weight excluding hydrogens is 251 g/mol. The zero-order chi connectivity index (χ0) is 13.2. The number of anilines is 1. The predicted octanol–water partition coefficient (Wildman–Crippen LogP) is 2.20. The average molecular weight is 263 g/mol. The van der Waals surface area contributed by atoms with Gasteiger partial charge in [0.1, 0.15) is 11.5 Å². The van der Waals surface area contributed by atoms with Gasteiger partial charge < -0.3 is 10.0 Å². The van der Waals surface area contributed by atoms with E-state index in [1.807, 2.05) is 0 Å². The molecule has 7 heteroatoms. The number of nitrogens with zero attached hydrogens (tertiary/aromatic N) is 2. The number of rotatable bonds is 4. The van der Waals surface area contributed by atoms with Gasteiger partial charge >= 0.3 is 0 Å². The molecule has 1 unspecified atom stereocenters. The molecule has 1 N–H and O–H groups in total. The van der Waals surface area contributed by atoms with Crippen LogP contribution < -0.4 is 4.90 Å². The molecule has 1 aromatic rings. The molecule has 0 saturated carbocycles. The van der Waals surface area contributed by atoms with Crippen LogP contribution in [0.15, 0.2) is 12.1 Å². The molecule has 0 aliphatic carbocycles. The van der Waals surface area contributed by atoms with E-state index in [0.717, 1.165) is 6.07 Å². The van der Waals surface area contributed by atoms with Crippen molar-refractivity contribution in [1.82, 2.24) is 0 Å². The van der Waals surface area contributed by atoms with Gasteiger partial charge in [0.05, 0.1) is 22.6 Å². The Balaban J connectivity index is 3.30. The maximum absolute atomic E-state index is 13.2. The Morgan fingerprint density at radius 1 is 1.65 bits per heavy atom. The van der Waals surface area contributed by atoms with Crippen molar-refractivity contribution >= 4 is 23.0 Å². The summed E-state index contributed by atoms with van der Waals surface area (Å²) >= 11 is 5.60. The number of likely N-dealkylation sites (N-methyl/N-ethyl adjacent to an activating group) is 1. The molecule has 0 spiro atoms. The lowest BCUT2D eigenvalue weighted by atomic mass is 10.2. The van der Waals surface area contributed by atoms with Crippen LogP contribution in [0.3, 0.4) is 0 Å². The van der Waals surface area contributed by atoms with Gasteiger partial charge in [-0.15, -0.1) is 0 Å². The van der Waals surface area contributed by atoms with Crippen molar-refractivity contribution in [3.8, 4) is 0 Å². The van der Waals surface area contributed by atoms with Crippen molar-refractivity contribution in [2.24, 2.45) is 0 Å². The molecule has 0 radical (unpaired) electrons. The van der Waals surface area contributed by atoms with Gasteiger partial charge in [-0.3, -0.25) is 10.1 Å². The fourth-order valence-electron chi connectivity index (χ4n) is 1.31. The van der Waals surface area contributed by atoms with Crippen LogP contribution in [0.4, 0.5) is 15.8 Å². The quantitative estimate of drug-likeness (QED) is 0.667. The van der Waals surface area contributed by atoms with Crippen LogP contribution in [-0.2, 0) is 0 Å². The minimum atomic E-state index is -0.841. The molecule has 1 aromatic carbocycles. The molecule has 17 heavy (non-hydrogen) atoms. The number of benzene rings is 1. The summed E-state index contributed by atoms with van der Waals surface area (Å²) in [7, 11) is 1.57. The second kappa shape index (κ2) is 5.29. The Kier molecular flexibility index (Phi) is 4.25. The Morgan fingerprint density at radius 2 is 2.24 bits per heavy atom. The third-order valence-corrected chi connectivity index (χ3v) is 2.81. The molecule has 0 bridgehead atoms. The first kappa shape index (κ1) is 13.7. The fourth-order valence-corrected chi connectivity index (χ4v) is 1.47. The molecule has 1 rings (SSSR count). The Morgan fingerprint density at radius 3 is 2.71 bits per heavy atom. The molecule has 5 nitrogen and oxygen atoms in total. The van der Waals surface area contributed by atoms with Crippen molar-refractivity contribution in [2.45, 2.75) is 13.0 Å². The van der Waals surface area contributed by atoms with E-state index >= 15 is 0 Å². The number of nitro benzene ring substituents is 1. The normalized spacial score (nSPS) is 12.3.